The maximum atomic E-state index is 11.9. The molecule has 0 unspecified atom stereocenters. The fourth-order valence-corrected chi connectivity index (χ4v) is 2.48. The molecule has 106 valence electrons. The van der Waals surface area contributed by atoms with Crippen LogP contribution >= 0.6 is 11.3 Å². The van der Waals surface area contributed by atoms with Gasteiger partial charge in [-0.25, -0.2) is 9.80 Å². The van der Waals surface area contributed by atoms with Crippen LogP contribution in [-0.2, 0) is 16.1 Å². The quantitative estimate of drug-likeness (QED) is 0.852. The fraction of sp³-hybridized carbons (Fsp3) is 0.333. The normalized spacial score (nSPS) is 14.9. The molecule has 0 radical (unpaired) electrons. The van der Waals surface area contributed by atoms with E-state index >= 15 is 0 Å². The minimum absolute atomic E-state index is 0.120. The number of nitrogens with one attached hydrogen (secondary N) is 1. The molecule has 0 saturated carbocycles. The number of thiophene rings is 1. The van der Waals surface area contributed by atoms with Gasteiger partial charge in [-0.3, -0.25) is 9.59 Å². The molecule has 2 amide bonds. The Bertz CT molecular complexity index is 593. The molecule has 0 spiro atoms. The van der Waals surface area contributed by atoms with Crippen molar-refractivity contribution in [1.82, 2.24) is 10.3 Å². The first-order valence-electron chi connectivity index (χ1n) is 5.91. The van der Waals surface area contributed by atoms with Crippen LogP contribution in [0.25, 0.3) is 0 Å². The Morgan fingerprint density at radius 1 is 1.45 bits per heavy atom. The number of rotatable bonds is 4. The second-order valence-electron chi connectivity index (χ2n) is 4.22. The average Bonchev–Trinajstić information content (AvgIpc) is 2.88. The molecule has 0 saturated heterocycles. The number of carboxylic acids is 1. The predicted molar refractivity (Wildman–Crippen MR) is 72.6 cm³/mol. The molecule has 1 aliphatic heterocycles. The van der Waals surface area contributed by atoms with E-state index < -0.39 is 5.97 Å². The number of amides is 2. The van der Waals surface area contributed by atoms with Gasteiger partial charge in [0.1, 0.15) is 10.6 Å². The summed E-state index contributed by atoms with van der Waals surface area (Å²) in [4.78, 5) is 34.8. The molecule has 0 aromatic carbocycles. The van der Waals surface area contributed by atoms with E-state index in [2.05, 4.69) is 10.4 Å². The molecule has 20 heavy (non-hydrogen) atoms. The maximum absolute atomic E-state index is 11.9. The minimum Gasteiger partial charge on any atom is -0.477 e. The van der Waals surface area contributed by atoms with Crippen LogP contribution in [0.1, 0.15) is 27.4 Å². The van der Waals surface area contributed by atoms with E-state index in [0.717, 1.165) is 21.2 Å². The van der Waals surface area contributed by atoms with Gasteiger partial charge >= 0.3 is 5.97 Å². The van der Waals surface area contributed by atoms with Gasteiger partial charge < -0.3 is 10.4 Å². The van der Waals surface area contributed by atoms with Crippen molar-refractivity contribution in [2.75, 3.05) is 7.05 Å². The molecule has 1 aliphatic rings. The summed E-state index contributed by atoms with van der Waals surface area (Å²) in [5, 5.41) is 16.5. The monoisotopic (exact) mass is 295 g/mol. The van der Waals surface area contributed by atoms with Gasteiger partial charge in [-0.1, -0.05) is 0 Å². The zero-order chi connectivity index (χ0) is 14.7. The largest absolute Gasteiger partial charge is 0.477 e. The molecule has 1 aromatic heterocycles. The van der Waals surface area contributed by atoms with E-state index in [4.69, 9.17) is 5.11 Å². The Morgan fingerprint density at radius 3 is 2.80 bits per heavy atom. The van der Waals surface area contributed by atoms with Gasteiger partial charge in [-0.2, -0.15) is 5.10 Å². The second-order valence-corrected chi connectivity index (χ2v) is 5.39. The molecular weight excluding hydrogens is 282 g/mol. The Kier molecular flexibility index (Phi) is 4.14. The van der Waals surface area contributed by atoms with Gasteiger partial charge in [0.2, 0.25) is 5.91 Å². The Balaban J connectivity index is 1.93. The van der Waals surface area contributed by atoms with Gasteiger partial charge in [0.05, 0.1) is 6.54 Å². The Labute approximate surface area is 118 Å². The Hall–Kier alpha value is -2.22. The number of hydrogen-bond donors (Lipinski definition) is 2. The number of hydrogen-bond acceptors (Lipinski definition) is 5. The summed E-state index contributed by atoms with van der Waals surface area (Å²) < 4.78 is 0. The number of hydrazone groups is 1. The maximum Gasteiger partial charge on any atom is 0.345 e. The van der Waals surface area contributed by atoms with Crippen LogP contribution in [0.2, 0.25) is 0 Å². The van der Waals surface area contributed by atoms with Crippen LogP contribution in [0, 0.1) is 0 Å². The highest BCUT2D eigenvalue weighted by Crippen LogP contribution is 2.16. The molecule has 7 nitrogen and oxygen atoms in total. The number of carbonyl (C=O) groups is 3. The molecule has 0 aliphatic carbocycles. The number of aromatic carboxylic acids is 1. The standard InChI is InChI=1S/C12H13N3O4S/c1-15-10(16)5-3-8(14-15)11(17)13-6-7-2-4-9(20-7)12(18)19/h2,4H,3,5-6H2,1H3,(H,13,17)(H,18,19). The average molecular weight is 295 g/mol. The van der Waals surface area contributed by atoms with Crippen molar-refractivity contribution >= 4 is 34.8 Å². The van der Waals surface area contributed by atoms with Crippen molar-refractivity contribution in [3.8, 4) is 0 Å². The lowest BCUT2D eigenvalue weighted by atomic mass is 10.1. The number of nitrogens with zero attached hydrogens (tertiary/aromatic N) is 2. The van der Waals surface area contributed by atoms with E-state index in [1.165, 1.54) is 13.1 Å². The number of carboxylic acid groups (broad SMARTS) is 1. The van der Waals surface area contributed by atoms with Crippen molar-refractivity contribution in [2.45, 2.75) is 19.4 Å². The third-order valence-corrected chi connectivity index (χ3v) is 3.84. The summed E-state index contributed by atoms with van der Waals surface area (Å²) in [6.07, 6.45) is 0.588. The zero-order valence-corrected chi connectivity index (χ0v) is 11.6. The highest BCUT2D eigenvalue weighted by Gasteiger charge is 2.21. The first kappa shape index (κ1) is 14.2. The molecule has 8 heteroatoms. The summed E-state index contributed by atoms with van der Waals surface area (Å²) in [6, 6.07) is 3.16. The molecule has 0 atom stereocenters. The molecule has 1 aromatic rings. The number of carbonyl (C=O) groups excluding carboxylic acids is 2. The highest BCUT2D eigenvalue weighted by atomic mass is 32.1. The van der Waals surface area contributed by atoms with Gasteiger partial charge in [0, 0.05) is 24.8 Å². The lowest BCUT2D eigenvalue weighted by molar-refractivity contribution is -0.130. The van der Waals surface area contributed by atoms with Crippen LogP contribution in [0.5, 0.6) is 0 Å². The minimum atomic E-state index is -0.982. The topological polar surface area (TPSA) is 99.1 Å². The van der Waals surface area contributed by atoms with Gasteiger partial charge in [0.15, 0.2) is 0 Å². The first-order valence-corrected chi connectivity index (χ1v) is 6.73. The van der Waals surface area contributed by atoms with Crippen molar-refractivity contribution in [3.63, 3.8) is 0 Å². The van der Waals surface area contributed by atoms with Gasteiger partial charge in [-0.15, -0.1) is 11.3 Å². The van der Waals surface area contributed by atoms with Crippen LogP contribution in [0.15, 0.2) is 17.2 Å². The zero-order valence-electron chi connectivity index (χ0n) is 10.8. The van der Waals surface area contributed by atoms with Crippen molar-refractivity contribution in [1.29, 1.82) is 0 Å². The molecule has 2 rings (SSSR count). The third-order valence-electron chi connectivity index (χ3n) is 2.77. The summed E-state index contributed by atoms with van der Waals surface area (Å²) >= 11 is 1.11. The third kappa shape index (κ3) is 3.21. The molecule has 0 fully saturated rings. The fourth-order valence-electron chi connectivity index (χ4n) is 1.69. The Morgan fingerprint density at radius 2 is 2.20 bits per heavy atom. The lowest BCUT2D eigenvalue weighted by Gasteiger charge is -2.18. The SMILES string of the molecule is CN1N=C(C(=O)NCc2ccc(C(=O)O)s2)CCC1=O. The van der Waals surface area contributed by atoms with E-state index in [0.29, 0.717) is 12.1 Å². The summed E-state index contributed by atoms with van der Waals surface area (Å²) in [5.74, 6) is -1.44. The van der Waals surface area contributed by atoms with E-state index in [1.54, 1.807) is 6.07 Å². The van der Waals surface area contributed by atoms with E-state index in [-0.39, 0.29) is 29.7 Å². The van der Waals surface area contributed by atoms with Crippen LogP contribution in [0.4, 0.5) is 0 Å². The summed E-state index contributed by atoms with van der Waals surface area (Å²) in [6.45, 7) is 0.244. The van der Waals surface area contributed by atoms with E-state index in [1.807, 2.05) is 0 Å². The van der Waals surface area contributed by atoms with Crippen LogP contribution < -0.4 is 5.32 Å². The summed E-state index contributed by atoms with van der Waals surface area (Å²) in [7, 11) is 1.51. The molecule has 2 heterocycles. The molecule has 0 bridgehead atoms. The van der Waals surface area contributed by atoms with E-state index in [9.17, 15) is 14.4 Å². The van der Waals surface area contributed by atoms with Crippen molar-refractivity contribution in [2.24, 2.45) is 5.10 Å². The summed E-state index contributed by atoms with van der Waals surface area (Å²) in [5.41, 5.74) is 0.308. The van der Waals surface area contributed by atoms with Gasteiger partial charge in [-0.05, 0) is 12.1 Å². The van der Waals surface area contributed by atoms with Crippen molar-refractivity contribution < 1.29 is 19.5 Å². The van der Waals surface area contributed by atoms with Crippen molar-refractivity contribution in [3.05, 3.63) is 21.9 Å². The molecular formula is C12H13N3O4S. The lowest BCUT2D eigenvalue weighted by Crippen LogP contribution is -2.37. The molecule has 2 N–H and O–H groups in total. The first-order chi connectivity index (χ1) is 9.47. The highest BCUT2D eigenvalue weighted by molar-refractivity contribution is 7.13. The second kappa shape index (κ2) is 5.83. The van der Waals surface area contributed by atoms with Crippen LogP contribution in [-0.4, -0.2) is 40.7 Å². The van der Waals surface area contributed by atoms with Crippen LogP contribution in [0.3, 0.4) is 0 Å². The smallest absolute Gasteiger partial charge is 0.345 e. The predicted octanol–water partition coefficient (Wildman–Crippen LogP) is 0.671. The van der Waals surface area contributed by atoms with Gasteiger partial charge in [0.25, 0.3) is 5.91 Å².